The third-order valence-corrected chi connectivity index (χ3v) is 0.705. The van der Waals surface area contributed by atoms with E-state index in [1.54, 1.807) is 6.08 Å². The molecule has 2 nitrogen and oxygen atoms in total. The van der Waals surface area contributed by atoms with Crippen LogP contribution in [0.25, 0.3) is 0 Å². The molecular formula is C8H18N2. The highest BCUT2D eigenvalue weighted by atomic mass is 14.6. The van der Waals surface area contributed by atoms with Gasteiger partial charge in [-0.2, -0.15) is 0 Å². The van der Waals surface area contributed by atoms with Crippen molar-refractivity contribution in [1.29, 1.82) is 0 Å². The lowest BCUT2D eigenvalue weighted by atomic mass is 10.3. The van der Waals surface area contributed by atoms with Gasteiger partial charge in [-0.1, -0.05) is 12.2 Å². The lowest BCUT2D eigenvalue weighted by Gasteiger charge is -1.93. The Morgan fingerprint density at radius 1 is 1.40 bits per heavy atom. The van der Waals surface area contributed by atoms with Gasteiger partial charge < -0.3 is 11.5 Å². The summed E-state index contributed by atoms with van der Waals surface area (Å²) < 4.78 is 0. The van der Waals surface area contributed by atoms with Gasteiger partial charge in [-0.3, -0.25) is 0 Å². The molecule has 0 aliphatic rings. The highest BCUT2D eigenvalue weighted by Gasteiger charge is 1.82. The lowest BCUT2D eigenvalue weighted by molar-refractivity contribution is 0.758. The minimum Gasteiger partial charge on any atom is -0.328 e. The molecule has 0 aliphatic carbocycles. The molecule has 60 valence electrons. The molecule has 0 aliphatic heterocycles. The first-order chi connectivity index (χ1) is 4.68. The molecule has 0 saturated carbocycles. The predicted molar refractivity (Wildman–Crippen MR) is 47.7 cm³/mol. The van der Waals surface area contributed by atoms with Crippen LogP contribution in [0.1, 0.15) is 13.3 Å². The zero-order valence-corrected chi connectivity index (χ0v) is 6.72. The van der Waals surface area contributed by atoms with Crippen LogP contribution < -0.4 is 11.5 Å². The van der Waals surface area contributed by atoms with Crippen LogP contribution in [0.15, 0.2) is 25.3 Å². The molecule has 0 saturated heterocycles. The standard InChI is InChI=1S/C5H11N.C3H7N/c1-3-4-5(2)6;1-2-3-4/h3,5H,1,4,6H2,2H3;2H,1,3-4H2. The maximum absolute atomic E-state index is 5.33. The Balaban J connectivity index is 0. The molecule has 0 fully saturated rings. The summed E-state index contributed by atoms with van der Waals surface area (Å²) in [5.74, 6) is 0. The first-order valence-corrected chi connectivity index (χ1v) is 3.36. The molecule has 1 unspecified atom stereocenters. The fourth-order valence-electron chi connectivity index (χ4n) is 0.263. The number of hydrogen-bond donors (Lipinski definition) is 2. The van der Waals surface area contributed by atoms with E-state index < -0.39 is 0 Å². The largest absolute Gasteiger partial charge is 0.328 e. The molecule has 0 aromatic heterocycles. The molecule has 0 aromatic carbocycles. The van der Waals surface area contributed by atoms with Crippen molar-refractivity contribution in [2.75, 3.05) is 6.54 Å². The summed E-state index contributed by atoms with van der Waals surface area (Å²) in [4.78, 5) is 0. The molecule has 0 heterocycles. The SMILES string of the molecule is C=CCC(C)N.C=CCN. The van der Waals surface area contributed by atoms with Gasteiger partial charge in [0.1, 0.15) is 0 Å². The second kappa shape index (κ2) is 11.2. The van der Waals surface area contributed by atoms with E-state index >= 15 is 0 Å². The fourth-order valence-corrected chi connectivity index (χ4v) is 0.263. The van der Waals surface area contributed by atoms with E-state index in [0.717, 1.165) is 6.42 Å². The summed E-state index contributed by atoms with van der Waals surface area (Å²) >= 11 is 0. The van der Waals surface area contributed by atoms with E-state index in [1.807, 2.05) is 13.0 Å². The van der Waals surface area contributed by atoms with Crippen molar-refractivity contribution in [3.8, 4) is 0 Å². The van der Waals surface area contributed by atoms with Crippen molar-refractivity contribution in [3.05, 3.63) is 25.3 Å². The van der Waals surface area contributed by atoms with Crippen molar-refractivity contribution in [1.82, 2.24) is 0 Å². The van der Waals surface area contributed by atoms with Crippen LogP contribution in [-0.2, 0) is 0 Å². The van der Waals surface area contributed by atoms with E-state index in [-0.39, 0.29) is 6.04 Å². The average molecular weight is 142 g/mol. The smallest absolute Gasteiger partial charge is 0.0104 e. The molecule has 0 bridgehead atoms. The topological polar surface area (TPSA) is 52.0 Å². The van der Waals surface area contributed by atoms with Crippen LogP contribution in [-0.4, -0.2) is 12.6 Å². The van der Waals surface area contributed by atoms with Crippen molar-refractivity contribution in [3.63, 3.8) is 0 Å². The molecule has 0 spiro atoms. The highest BCUT2D eigenvalue weighted by Crippen LogP contribution is 1.82. The normalized spacial score (nSPS) is 10.7. The van der Waals surface area contributed by atoms with Gasteiger partial charge in [-0.15, -0.1) is 13.2 Å². The van der Waals surface area contributed by atoms with Gasteiger partial charge in [0.25, 0.3) is 0 Å². The zero-order chi connectivity index (χ0) is 8.41. The van der Waals surface area contributed by atoms with Gasteiger partial charge in [-0.25, -0.2) is 0 Å². The van der Waals surface area contributed by atoms with E-state index in [1.165, 1.54) is 0 Å². The molecule has 1 atom stereocenters. The first-order valence-electron chi connectivity index (χ1n) is 3.36. The minimum absolute atomic E-state index is 0.280. The first kappa shape index (κ1) is 12.1. The van der Waals surface area contributed by atoms with E-state index in [2.05, 4.69) is 13.2 Å². The highest BCUT2D eigenvalue weighted by molar-refractivity contribution is 4.71. The number of rotatable bonds is 3. The second-order valence-corrected chi connectivity index (χ2v) is 2.03. The van der Waals surface area contributed by atoms with Gasteiger partial charge in [0, 0.05) is 12.6 Å². The molecule has 0 rings (SSSR count). The van der Waals surface area contributed by atoms with Crippen LogP contribution in [0.3, 0.4) is 0 Å². The van der Waals surface area contributed by atoms with Crippen molar-refractivity contribution >= 4 is 0 Å². The maximum atomic E-state index is 5.33. The number of nitrogens with two attached hydrogens (primary N) is 2. The fraction of sp³-hybridized carbons (Fsp3) is 0.500. The maximum Gasteiger partial charge on any atom is 0.0104 e. The zero-order valence-electron chi connectivity index (χ0n) is 6.72. The Bertz CT molecular complexity index is 77.3. The van der Waals surface area contributed by atoms with Gasteiger partial charge in [0.2, 0.25) is 0 Å². The summed E-state index contributed by atoms with van der Waals surface area (Å²) in [5, 5.41) is 0. The Hall–Kier alpha value is -0.600. The van der Waals surface area contributed by atoms with Gasteiger partial charge in [0.15, 0.2) is 0 Å². The van der Waals surface area contributed by atoms with Gasteiger partial charge in [-0.05, 0) is 13.3 Å². The molecule has 2 heteroatoms. The van der Waals surface area contributed by atoms with E-state index in [9.17, 15) is 0 Å². The van der Waals surface area contributed by atoms with Crippen molar-refractivity contribution < 1.29 is 0 Å². The Morgan fingerprint density at radius 2 is 1.80 bits per heavy atom. The molecule has 0 amide bonds. The second-order valence-electron chi connectivity index (χ2n) is 2.03. The monoisotopic (exact) mass is 142 g/mol. The summed E-state index contributed by atoms with van der Waals surface area (Å²) in [6, 6.07) is 0.280. The van der Waals surface area contributed by atoms with Crippen LogP contribution in [0.5, 0.6) is 0 Å². The summed E-state index contributed by atoms with van der Waals surface area (Å²) in [7, 11) is 0. The van der Waals surface area contributed by atoms with Crippen LogP contribution in [0.2, 0.25) is 0 Å². The summed E-state index contributed by atoms with van der Waals surface area (Å²) in [6.07, 6.45) is 4.39. The molecule has 10 heavy (non-hydrogen) atoms. The summed E-state index contributed by atoms with van der Waals surface area (Å²) in [6.45, 7) is 9.42. The molecule has 0 radical (unpaired) electrons. The third-order valence-electron chi connectivity index (χ3n) is 0.705. The van der Waals surface area contributed by atoms with Crippen molar-refractivity contribution in [2.45, 2.75) is 19.4 Å². The average Bonchev–Trinajstić information content (AvgIpc) is 1.89. The molecule has 4 N–H and O–H groups in total. The van der Waals surface area contributed by atoms with Crippen LogP contribution in [0.4, 0.5) is 0 Å². The Morgan fingerprint density at radius 3 is 1.80 bits per heavy atom. The van der Waals surface area contributed by atoms with Crippen LogP contribution >= 0.6 is 0 Å². The minimum atomic E-state index is 0.280. The van der Waals surface area contributed by atoms with E-state index in [4.69, 9.17) is 11.5 Å². The predicted octanol–water partition coefficient (Wildman–Crippen LogP) is 1.04. The van der Waals surface area contributed by atoms with Gasteiger partial charge >= 0.3 is 0 Å². The van der Waals surface area contributed by atoms with Crippen molar-refractivity contribution in [2.24, 2.45) is 11.5 Å². The molecule has 0 aromatic rings. The Kier molecular flexibility index (Phi) is 13.6. The third kappa shape index (κ3) is 26.2. The molecular weight excluding hydrogens is 124 g/mol. The van der Waals surface area contributed by atoms with E-state index in [0.29, 0.717) is 6.54 Å². The summed E-state index contributed by atoms with van der Waals surface area (Å²) in [5.41, 5.74) is 10.2. The number of hydrogen-bond acceptors (Lipinski definition) is 2. The lowest BCUT2D eigenvalue weighted by Crippen LogP contribution is -2.12. The van der Waals surface area contributed by atoms with Gasteiger partial charge in [0.05, 0.1) is 0 Å². The quantitative estimate of drug-likeness (QED) is 0.578. The van der Waals surface area contributed by atoms with Crippen LogP contribution in [0, 0.1) is 0 Å². The Labute approximate surface area is 63.6 Å².